The molecule has 1 heterocycles. The molecule has 2 nitrogen and oxygen atoms in total. The van der Waals surface area contributed by atoms with E-state index < -0.39 is 0 Å². The van der Waals surface area contributed by atoms with Crippen molar-refractivity contribution in [1.82, 2.24) is 0 Å². The number of fused-ring (bicyclic) bond motifs is 1. The van der Waals surface area contributed by atoms with Crippen molar-refractivity contribution in [1.29, 1.82) is 0 Å². The lowest BCUT2D eigenvalue weighted by Gasteiger charge is -2.27. The SMILES string of the molecule is Cc1cc(F)cc(NC2CCOc3ccccc32)c1. The Bertz CT molecular complexity index is 577. The third-order valence-electron chi connectivity index (χ3n) is 3.34. The van der Waals surface area contributed by atoms with E-state index in [0.29, 0.717) is 6.61 Å². The minimum absolute atomic E-state index is 0.172. The number of hydrogen-bond donors (Lipinski definition) is 1. The van der Waals surface area contributed by atoms with Crippen LogP contribution in [-0.2, 0) is 0 Å². The highest BCUT2D eigenvalue weighted by Crippen LogP contribution is 2.34. The predicted molar refractivity (Wildman–Crippen MR) is 74.1 cm³/mol. The molecule has 0 aromatic heterocycles. The molecule has 2 aromatic rings. The fraction of sp³-hybridized carbons (Fsp3) is 0.250. The van der Waals surface area contributed by atoms with Gasteiger partial charge in [0.15, 0.2) is 0 Å². The fourth-order valence-electron chi connectivity index (χ4n) is 2.51. The van der Waals surface area contributed by atoms with E-state index in [1.54, 1.807) is 0 Å². The topological polar surface area (TPSA) is 21.3 Å². The smallest absolute Gasteiger partial charge is 0.125 e. The van der Waals surface area contributed by atoms with Crippen LogP contribution in [0.4, 0.5) is 10.1 Å². The third-order valence-corrected chi connectivity index (χ3v) is 3.34. The van der Waals surface area contributed by atoms with Crippen molar-refractivity contribution in [3.05, 3.63) is 59.4 Å². The highest BCUT2D eigenvalue weighted by atomic mass is 19.1. The molecule has 0 saturated carbocycles. The Kier molecular flexibility index (Phi) is 3.11. The van der Waals surface area contributed by atoms with E-state index in [9.17, 15) is 4.39 Å². The molecule has 1 aliphatic rings. The van der Waals surface area contributed by atoms with E-state index >= 15 is 0 Å². The Morgan fingerprint density at radius 2 is 2.05 bits per heavy atom. The van der Waals surface area contributed by atoms with Gasteiger partial charge in [-0.15, -0.1) is 0 Å². The number of ether oxygens (including phenoxy) is 1. The molecular formula is C16H16FNO. The number of rotatable bonds is 2. The van der Waals surface area contributed by atoms with Crippen molar-refractivity contribution in [2.24, 2.45) is 0 Å². The quantitative estimate of drug-likeness (QED) is 0.875. The van der Waals surface area contributed by atoms with Gasteiger partial charge in [-0.05, 0) is 36.8 Å². The van der Waals surface area contributed by atoms with Crippen LogP contribution < -0.4 is 10.1 Å². The first kappa shape index (κ1) is 12.0. The van der Waals surface area contributed by atoms with E-state index in [4.69, 9.17) is 4.74 Å². The average Bonchev–Trinajstić information content (AvgIpc) is 2.38. The van der Waals surface area contributed by atoms with Crippen LogP contribution in [0.15, 0.2) is 42.5 Å². The second-order valence-electron chi connectivity index (χ2n) is 4.89. The van der Waals surface area contributed by atoms with Gasteiger partial charge in [0.05, 0.1) is 12.6 Å². The van der Waals surface area contributed by atoms with Crippen LogP contribution in [0.1, 0.15) is 23.6 Å². The van der Waals surface area contributed by atoms with Gasteiger partial charge in [0.1, 0.15) is 11.6 Å². The first-order valence-electron chi connectivity index (χ1n) is 6.48. The van der Waals surface area contributed by atoms with Crippen LogP contribution in [0.2, 0.25) is 0 Å². The number of benzene rings is 2. The van der Waals surface area contributed by atoms with E-state index in [1.807, 2.05) is 31.2 Å². The normalized spacial score (nSPS) is 17.5. The van der Waals surface area contributed by atoms with Gasteiger partial charge in [0.25, 0.3) is 0 Å². The largest absolute Gasteiger partial charge is 0.493 e. The lowest BCUT2D eigenvalue weighted by atomic mass is 10.00. The molecule has 0 saturated heterocycles. The lowest BCUT2D eigenvalue weighted by molar-refractivity contribution is 0.274. The number of para-hydroxylation sites is 1. The monoisotopic (exact) mass is 257 g/mol. The second-order valence-corrected chi connectivity index (χ2v) is 4.89. The molecule has 3 heteroatoms. The summed E-state index contributed by atoms with van der Waals surface area (Å²) in [7, 11) is 0. The number of aryl methyl sites for hydroxylation is 1. The maximum Gasteiger partial charge on any atom is 0.125 e. The Morgan fingerprint density at radius 3 is 2.89 bits per heavy atom. The Hall–Kier alpha value is -2.03. The highest BCUT2D eigenvalue weighted by Gasteiger charge is 2.20. The van der Waals surface area contributed by atoms with Crippen LogP contribution in [0.25, 0.3) is 0 Å². The summed E-state index contributed by atoms with van der Waals surface area (Å²) >= 11 is 0. The molecular weight excluding hydrogens is 241 g/mol. The zero-order chi connectivity index (χ0) is 13.2. The predicted octanol–water partition coefficient (Wildman–Crippen LogP) is 4.07. The molecule has 19 heavy (non-hydrogen) atoms. The summed E-state index contributed by atoms with van der Waals surface area (Å²) in [5, 5.41) is 3.40. The van der Waals surface area contributed by atoms with Gasteiger partial charge in [-0.25, -0.2) is 4.39 Å². The van der Waals surface area contributed by atoms with E-state index in [0.717, 1.165) is 29.0 Å². The molecule has 1 atom stereocenters. The molecule has 1 N–H and O–H groups in total. The number of anilines is 1. The summed E-state index contributed by atoms with van der Waals surface area (Å²) in [5.41, 5.74) is 2.87. The van der Waals surface area contributed by atoms with E-state index in [2.05, 4.69) is 11.4 Å². The molecule has 0 amide bonds. The van der Waals surface area contributed by atoms with Gasteiger partial charge < -0.3 is 10.1 Å². The summed E-state index contributed by atoms with van der Waals surface area (Å²) in [6.45, 7) is 2.58. The second kappa shape index (κ2) is 4.92. The van der Waals surface area contributed by atoms with Crippen LogP contribution in [0, 0.1) is 12.7 Å². The minimum atomic E-state index is -0.206. The maximum absolute atomic E-state index is 13.4. The van der Waals surface area contributed by atoms with Crippen molar-refractivity contribution >= 4 is 5.69 Å². The molecule has 3 rings (SSSR count). The van der Waals surface area contributed by atoms with Crippen LogP contribution in [-0.4, -0.2) is 6.61 Å². The molecule has 1 aliphatic heterocycles. The van der Waals surface area contributed by atoms with Crippen molar-refractivity contribution in [3.63, 3.8) is 0 Å². The Balaban J connectivity index is 1.88. The number of nitrogens with one attached hydrogen (secondary N) is 1. The maximum atomic E-state index is 13.4. The van der Waals surface area contributed by atoms with E-state index in [-0.39, 0.29) is 11.9 Å². The number of halogens is 1. The minimum Gasteiger partial charge on any atom is -0.493 e. The summed E-state index contributed by atoms with van der Waals surface area (Å²) in [5.74, 6) is 0.710. The van der Waals surface area contributed by atoms with Gasteiger partial charge in [0.2, 0.25) is 0 Å². The molecule has 2 aromatic carbocycles. The van der Waals surface area contributed by atoms with Crippen molar-refractivity contribution in [3.8, 4) is 5.75 Å². The third kappa shape index (κ3) is 2.55. The fourth-order valence-corrected chi connectivity index (χ4v) is 2.51. The summed E-state index contributed by atoms with van der Waals surface area (Å²) in [4.78, 5) is 0. The van der Waals surface area contributed by atoms with Gasteiger partial charge in [-0.2, -0.15) is 0 Å². The lowest BCUT2D eigenvalue weighted by Crippen LogP contribution is -2.20. The molecule has 0 aliphatic carbocycles. The van der Waals surface area contributed by atoms with Crippen molar-refractivity contribution in [2.75, 3.05) is 11.9 Å². The Labute approximate surface area is 112 Å². The van der Waals surface area contributed by atoms with E-state index in [1.165, 1.54) is 12.1 Å². The standard InChI is InChI=1S/C16H16FNO/c1-11-8-12(17)10-13(9-11)18-15-6-7-19-16-5-3-2-4-14(15)16/h2-5,8-10,15,18H,6-7H2,1H3. The number of hydrogen-bond acceptors (Lipinski definition) is 2. The van der Waals surface area contributed by atoms with Gasteiger partial charge >= 0.3 is 0 Å². The van der Waals surface area contributed by atoms with Crippen LogP contribution in [0.3, 0.4) is 0 Å². The Morgan fingerprint density at radius 1 is 1.21 bits per heavy atom. The van der Waals surface area contributed by atoms with Gasteiger partial charge in [0, 0.05) is 17.7 Å². The van der Waals surface area contributed by atoms with Gasteiger partial charge in [-0.3, -0.25) is 0 Å². The molecule has 1 unspecified atom stereocenters. The zero-order valence-electron chi connectivity index (χ0n) is 10.8. The first-order valence-corrected chi connectivity index (χ1v) is 6.48. The molecule has 0 spiro atoms. The zero-order valence-corrected chi connectivity index (χ0v) is 10.8. The summed E-state index contributed by atoms with van der Waals surface area (Å²) < 4.78 is 19.0. The first-order chi connectivity index (χ1) is 9.22. The van der Waals surface area contributed by atoms with Crippen LogP contribution >= 0.6 is 0 Å². The van der Waals surface area contributed by atoms with Crippen LogP contribution in [0.5, 0.6) is 5.75 Å². The van der Waals surface area contributed by atoms with Gasteiger partial charge in [-0.1, -0.05) is 18.2 Å². The summed E-state index contributed by atoms with van der Waals surface area (Å²) in [6.07, 6.45) is 0.882. The summed E-state index contributed by atoms with van der Waals surface area (Å²) in [6, 6.07) is 13.2. The molecule has 98 valence electrons. The average molecular weight is 257 g/mol. The molecule has 0 fully saturated rings. The van der Waals surface area contributed by atoms with Crippen molar-refractivity contribution in [2.45, 2.75) is 19.4 Å². The molecule has 0 bridgehead atoms. The highest BCUT2D eigenvalue weighted by molar-refractivity contribution is 5.50. The molecule has 0 radical (unpaired) electrons. The van der Waals surface area contributed by atoms with Crippen molar-refractivity contribution < 1.29 is 9.13 Å².